The van der Waals surface area contributed by atoms with Crippen molar-refractivity contribution in [1.82, 2.24) is 9.80 Å². The summed E-state index contributed by atoms with van der Waals surface area (Å²) in [6, 6.07) is 15.7. The molecule has 0 spiro atoms. The number of rotatable bonds is 6. The van der Waals surface area contributed by atoms with Crippen LogP contribution in [0.4, 0.5) is 5.69 Å². The second-order valence-electron chi connectivity index (χ2n) is 8.22. The lowest BCUT2D eigenvalue weighted by molar-refractivity contribution is -0.133. The number of amides is 2. The number of carbonyl (C=O) groups is 2. The van der Waals surface area contributed by atoms with Crippen LogP contribution in [0.2, 0.25) is 0 Å². The van der Waals surface area contributed by atoms with Gasteiger partial charge in [-0.25, -0.2) is 0 Å². The maximum Gasteiger partial charge on any atom is 0.227 e. The summed E-state index contributed by atoms with van der Waals surface area (Å²) in [4.78, 5) is 31.6. The third-order valence-electron chi connectivity index (χ3n) is 6.09. The van der Waals surface area contributed by atoms with Gasteiger partial charge in [0.2, 0.25) is 11.8 Å². The molecule has 0 radical (unpaired) electrons. The quantitative estimate of drug-likeness (QED) is 0.695. The highest BCUT2D eigenvalue weighted by atomic mass is 16.5. The van der Waals surface area contributed by atoms with Crippen molar-refractivity contribution in [3.8, 4) is 11.5 Å². The smallest absolute Gasteiger partial charge is 0.227 e. The minimum atomic E-state index is -0.0231. The van der Waals surface area contributed by atoms with Crippen LogP contribution in [0.15, 0.2) is 48.5 Å². The zero-order valence-electron chi connectivity index (χ0n) is 18.7. The van der Waals surface area contributed by atoms with Gasteiger partial charge < -0.3 is 19.3 Å². The Morgan fingerprint density at radius 1 is 0.906 bits per heavy atom. The number of hydrogen-bond acceptors (Lipinski definition) is 5. The van der Waals surface area contributed by atoms with E-state index in [4.69, 9.17) is 9.47 Å². The number of anilines is 1. The lowest BCUT2D eigenvalue weighted by Gasteiger charge is -2.29. The van der Waals surface area contributed by atoms with E-state index in [1.807, 2.05) is 41.3 Å². The molecule has 0 unspecified atom stereocenters. The minimum absolute atomic E-state index is 0.0231. The predicted molar refractivity (Wildman–Crippen MR) is 123 cm³/mol. The molecule has 0 saturated carbocycles. The van der Waals surface area contributed by atoms with Gasteiger partial charge in [-0.3, -0.25) is 14.5 Å². The van der Waals surface area contributed by atoms with Gasteiger partial charge in [-0.1, -0.05) is 24.3 Å². The average molecular weight is 438 g/mol. The zero-order valence-corrected chi connectivity index (χ0v) is 18.7. The third-order valence-corrected chi connectivity index (χ3v) is 6.09. The van der Waals surface area contributed by atoms with Crippen LogP contribution in [-0.4, -0.2) is 68.1 Å². The molecule has 4 rings (SSSR count). The van der Waals surface area contributed by atoms with Crippen molar-refractivity contribution in [2.75, 3.05) is 51.3 Å². The van der Waals surface area contributed by atoms with E-state index < -0.39 is 0 Å². The van der Waals surface area contributed by atoms with Gasteiger partial charge in [-0.05, 0) is 36.2 Å². The van der Waals surface area contributed by atoms with Crippen molar-refractivity contribution in [2.45, 2.75) is 25.8 Å². The molecule has 2 aromatic rings. The molecule has 1 saturated heterocycles. The summed E-state index contributed by atoms with van der Waals surface area (Å²) in [6.07, 6.45) is 1.41. The zero-order chi connectivity index (χ0) is 22.3. The van der Waals surface area contributed by atoms with E-state index in [2.05, 4.69) is 17.0 Å². The summed E-state index contributed by atoms with van der Waals surface area (Å²) in [5.74, 6) is 1.62. The Bertz CT molecular complexity index is 931. The first-order valence-electron chi connectivity index (χ1n) is 11.3. The van der Waals surface area contributed by atoms with Gasteiger partial charge in [-0.15, -0.1) is 0 Å². The van der Waals surface area contributed by atoms with E-state index in [0.29, 0.717) is 19.7 Å². The molecular weight excluding hydrogens is 406 g/mol. The lowest BCUT2D eigenvalue weighted by Crippen LogP contribution is -2.39. The van der Waals surface area contributed by atoms with Gasteiger partial charge in [-0.2, -0.15) is 0 Å². The van der Waals surface area contributed by atoms with E-state index in [1.54, 1.807) is 12.0 Å². The Morgan fingerprint density at radius 3 is 2.50 bits per heavy atom. The SMILES string of the molecule is COc1ccc(CN2CCCN(C(=O)CCC(=O)N3CCOc4ccccc43)CC2)cc1. The monoisotopic (exact) mass is 437 g/mol. The molecule has 1 fully saturated rings. The van der Waals surface area contributed by atoms with E-state index >= 15 is 0 Å². The normalized spacial score (nSPS) is 16.7. The fourth-order valence-corrected chi connectivity index (χ4v) is 4.30. The van der Waals surface area contributed by atoms with Gasteiger partial charge in [0.15, 0.2) is 0 Å². The standard InChI is InChI=1S/C25H31N3O4/c1-31-21-9-7-20(8-10-21)19-26-13-4-14-27(16-15-26)24(29)11-12-25(30)28-17-18-32-23-6-3-2-5-22(23)28/h2-3,5-10H,4,11-19H2,1H3. The predicted octanol–water partition coefficient (Wildman–Crippen LogP) is 2.94. The van der Waals surface area contributed by atoms with Crippen molar-refractivity contribution in [1.29, 1.82) is 0 Å². The Kier molecular flexibility index (Phi) is 7.27. The van der Waals surface area contributed by atoms with E-state index in [0.717, 1.165) is 49.8 Å². The van der Waals surface area contributed by atoms with Crippen molar-refractivity contribution in [3.63, 3.8) is 0 Å². The fourth-order valence-electron chi connectivity index (χ4n) is 4.30. The topological polar surface area (TPSA) is 62.3 Å². The number of benzene rings is 2. The second-order valence-corrected chi connectivity index (χ2v) is 8.22. The molecule has 2 aliphatic rings. The maximum absolute atomic E-state index is 12.8. The first kappa shape index (κ1) is 22.1. The largest absolute Gasteiger partial charge is 0.497 e. The molecule has 0 atom stereocenters. The van der Waals surface area contributed by atoms with Gasteiger partial charge in [0.1, 0.15) is 18.1 Å². The van der Waals surface area contributed by atoms with Crippen LogP contribution in [0.1, 0.15) is 24.8 Å². The molecule has 2 aromatic carbocycles. The molecule has 0 bridgehead atoms. The molecule has 0 aliphatic carbocycles. The van der Waals surface area contributed by atoms with Crippen molar-refractivity contribution in [2.24, 2.45) is 0 Å². The van der Waals surface area contributed by atoms with E-state index in [-0.39, 0.29) is 24.7 Å². The highest BCUT2D eigenvalue weighted by molar-refractivity contribution is 5.97. The molecule has 170 valence electrons. The Hall–Kier alpha value is -3.06. The summed E-state index contributed by atoms with van der Waals surface area (Å²) in [6.45, 7) is 5.10. The summed E-state index contributed by atoms with van der Waals surface area (Å²) in [7, 11) is 1.67. The third kappa shape index (κ3) is 5.40. The maximum atomic E-state index is 12.8. The molecule has 2 amide bonds. The second kappa shape index (κ2) is 10.5. The lowest BCUT2D eigenvalue weighted by atomic mass is 10.2. The summed E-state index contributed by atoms with van der Waals surface area (Å²) >= 11 is 0. The summed E-state index contributed by atoms with van der Waals surface area (Å²) < 4.78 is 10.8. The van der Waals surface area contributed by atoms with Crippen LogP contribution in [0.5, 0.6) is 11.5 Å². The molecule has 2 heterocycles. The molecule has 0 aromatic heterocycles. The van der Waals surface area contributed by atoms with Gasteiger partial charge in [0.05, 0.1) is 19.3 Å². The van der Waals surface area contributed by atoms with E-state index in [1.165, 1.54) is 5.56 Å². The first-order chi connectivity index (χ1) is 15.6. The van der Waals surface area contributed by atoms with E-state index in [9.17, 15) is 9.59 Å². The highest BCUT2D eigenvalue weighted by Gasteiger charge is 2.25. The molecule has 2 aliphatic heterocycles. The van der Waals surface area contributed by atoms with Crippen LogP contribution >= 0.6 is 0 Å². The molecule has 7 nitrogen and oxygen atoms in total. The Labute approximate surface area is 189 Å². The van der Waals surface area contributed by atoms with Gasteiger partial charge in [0, 0.05) is 45.6 Å². The number of nitrogens with zero attached hydrogens (tertiary/aromatic N) is 3. The molecular formula is C25H31N3O4. The molecule has 0 N–H and O–H groups in total. The number of para-hydroxylation sites is 2. The van der Waals surface area contributed by atoms with Crippen molar-refractivity contribution < 1.29 is 19.1 Å². The van der Waals surface area contributed by atoms with Crippen LogP contribution in [0.25, 0.3) is 0 Å². The average Bonchev–Trinajstić information content (AvgIpc) is 3.08. The Balaban J connectivity index is 1.26. The van der Waals surface area contributed by atoms with Gasteiger partial charge >= 0.3 is 0 Å². The minimum Gasteiger partial charge on any atom is -0.497 e. The molecule has 32 heavy (non-hydrogen) atoms. The highest BCUT2D eigenvalue weighted by Crippen LogP contribution is 2.31. The number of fused-ring (bicyclic) bond motifs is 1. The van der Waals surface area contributed by atoms with Crippen LogP contribution in [-0.2, 0) is 16.1 Å². The first-order valence-corrected chi connectivity index (χ1v) is 11.3. The Morgan fingerprint density at radius 2 is 1.69 bits per heavy atom. The number of hydrogen-bond donors (Lipinski definition) is 0. The number of methoxy groups -OCH3 is 1. The molecule has 7 heteroatoms. The summed E-state index contributed by atoms with van der Waals surface area (Å²) in [5.41, 5.74) is 2.03. The fraction of sp³-hybridized carbons (Fsp3) is 0.440. The van der Waals surface area contributed by atoms with Crippen molar-refractivity contribution >= 4 is 17.5 Å². The van der Waals surface area contributed by atoms with Gasteiger partial charge in [0.25, 0.3) is 0 Å². The van der Waals surface area contributed by atoms with Crippen LogP contribution in [0.3, 0.4) is 0 Å². The van der Waals surface area contributed by atoms with Crippen LogP contribution < -0.4 is 14.4 Å². The summed E-state index contributed by atoms with van der Waals surface area (Å²) in [5, 5.41) is 0. The number of ether oxygens (including phenoxy) is 2. The van der Waals surface area contributed by atoms with Crippen molar-refractivity contribution in [3.05, 3.63) is 54.1 Å². The number of carbonyl (C=O) groups excluding carboxylic acids is 2. The van der Waals surface area contributed by atoms with Crippen LogP contribution in [0, 0.1) is 0 Å².